The first-order valence-electron chi connectivity index (χ1n) is 9.96. The number of methoxy groups -OCH3 is 1. The van der Waals surface area contributed by atoms with E-state index in [9.17, 15) is 4.79 Å². The van der Waals surface area contributed by atoms with Crippen molar-refractivity contribution in [2.24, 2.45) is 0 Å². The lowest BCUT2D eigenvalue weighted by Crippen LogP contribution is -2.49. The van der Waals surface area contributed by atoms with Crippen LogP contribution in [0.1, 0.15) is 21.6 Å². The smallest absolute Gasteiger partial charge is 0.253 e. The molecule has 7 heteroatoms. The number of rotatable bonds is 6. The third-order valence-corrected chi connectivity index (χ3v) is 5.36. The van der Waals surface area contributed by atoms with E-state index in [1.54, 1.807) is 7.11 Å². The number of nitrogens with one attached hydrogen (secondary N) is 1. The second kappa shape index (κ2) is 10.4. The van der Waals surface area contributed by atoms with Crippen LogP contribution in [0.4, 0.5) is 0 Å². The van der Waals surface area contributed by atoms with Crippen LogP contribution in [-0.2, 0) is 4.74 Å². The minimum absolute atomic E-state index is 0. The number of aromatic nitrogens is 2. The summed E-state index contributed by atoms with van der Waals surface area (Å²) in [7, 11) is 1.72. The van der Waals surface area contributed by atoms with Crippen LogP contribution in [0.5, 0.6) is 0 Å². The molecule has 1 aliphatic rings. The first kappa shape index (κ1) is 22.0. The molecule has 3 aromatic rings. The highest BCUT2D eigenvalue weighted by Crippen LogP contribution is 2.18. The van der Waals surface area contributed by atoms with Gasteiger partial charge in [0.15, 0.2) is 0 Å². The highest BCUT2D eigenvalue weighted by Gasteiger charge is 2.21. The standard InChI is InChI=1S/C23H26N4O2.ClH/c1-29-17-16-26-12-14-27(15-13-26)23(28)19-9-6-18(7-10-19)8-11-22-20-4-2-3-5-21(20)24-25-22;/h2-11H,12-17H2,1H3,(H,24,25);1H. The van der Waals surface area contributed by atoms with Crippen molar-refractivity contribution in [3.63, 3.8) is 0 Å². The number of hydrogen-bond acceptors (Lipinski definition) is 4. The third kappa shape index (κ3) is 5.08. The van der Waals surface area contributed by atoms with Gasteiger partial charge in [-0.25, -0.2) is 0 Å². The first-order chi connectivity index (χ1) is 14.2. The van der Waals surface area contributed by atoms with Gasteiger partial charge in [0.05, 0.1) is 17.8 Å². The van der Waals surface area contributed by atoms with E-state index in [-0.39, 0.29) is 18.3 Å². The Morgan fingerprint density at radius 2 is 1.80 bits per heavy atom. The van der Waals surface area contributed by atoms with Crippen molar-refractivity contribution in [3.8, 4) is 0 Å². The summed E-state index contributed by atoms with van der Waals surface area (Å²) in [5, 5.41) is 8.49. The van der Waals surface area contributed by atoms with Gasteiger partial charge in [0.1, 0.15) is 0 Å². The molecule has 0 radical (unpaired) electrons. The van der Waals surface area contributed by atoms with Crippen LogP contribution in [0.15, 0.2) is 48.5 Å². The number of carbonyl (C=O) groups excluding carboxylic acids is 1. The fraction of sp³-hybridized carbons (Fsp3) is 0.304. The van der Waals surface area contributed by atoms with Gasteiger partial charge in [-0.1, -0.05) is 36.4 Å². The minimum Gasteiger partial charge on any atom is -0.383 e. The lowest BCUT2D eigenvalue weighted by atomic mass is 10.1. The Bertz CT molecular complexity index is 992. The average Bonchev–Trinajstić information content (AvgIpc) is 3.20. The van der Waals surface area contributed by atoms with Crippen LogP contribution in [0.2, 0.25) is 0 Å². The number of ether oxygens (including phenoxy) is 1. The Hall–Kier alpha value is -2.67. The molecule has 1 N–H and O–H groups in total. The summed E-state index contributed by atoms with van der Waals surface area (Å²) in [5.74, 6) is 0.102. The fourth-order valence-corrected chi connectivity index (χ4v) is 3.60. The van der Waals surface area contributed by atoms with Gasteiger partial charge >= 0.3 is 0 Å². The van der Waals surface area contributed by atoms with Crippen molar-refractivity contribution in [1.82, 2.24) is 20.0 Å². The lowest BCUT2D eigenvalue weighted by Gasteiger charge is -2.34. The average molecular weight is 427 g/mol. The minimum atomic E-state index is 0. The summed E-state index contributed by atoms with van der Waals surface area (Å²) < 4.78 is 5.13. The zero-order valence-corrected chi connectivity index (χ0v) is 17.9. The number of carbonyl (C=O) groups is 1. The summed E-state index contributed by atoms with van der Waals surface area (Å²) in [6.45, 7) is 4.97. The maximum Gasteiger partial charge on any atom is 0.253 e. The van der Waals surface area contributed by atoms with Crippen molar-refractivity contribution in [2.75, 3.05) is 46.4 Å². The Morgan fingerprint density at radius 1 is 1.07 bits per heavy atom. The number of para-hydroxylation sites is 1. The van der Waals surface area contributed by atoms with Crippen molar-refractivity contribution in [1.29, 1.82) is 0 Å². The van der Waals surface area contributed by atoms with Crippen molar-refractivity contribution in [3.05, 3.63) is 65.4 Å². The molecule has 1 fully saturated rings. The van der Waals surface area contributed by atoms with Gasteiger partial charge in [-0.15, -0.1) is 12.4 Å². The van der Waals surface area contributed by atoms with Crippen LogP contribution in [0.25, 0.3) is 23.1 Å². The quantitative estimate of drug-likeness (QED) is 0.654. The van der Waals surface area contributed by atoms with E-state index in [0.717, 1.165) is 67.1 Å². The van der Waals surface area contributed by atoms with Crippen LogP contribution < -0.4 is 0 Å². The molecule has 0 atom stereocenters. The van der Waals surface area contributed by atoms with E-state index < -0.39 is 0 Å². The van der Waals surface area contributed by atoms with Crippen LogP contribution >= 0.6 is 12.4 Å². The van der Waals surface area contributed by atoms with E-state index in [0.29, 0.717) is 0 Å². The monoisotopic (exact) mass is 426 g/mol. The summed E-state index contributed by atoms with van der Waals surface area (Å²) in [4.78, 5) is 17.0. The molecule has 2 heterocycles. The van der Waals surface area contributed by atoms with Gasteiger partial charge in [-0.05, 0) is 29.8 Å². The Morgan fingerprint density at radius 3 is 2.53 bits per heavy atom. The lowest BCUT2D eigenvalue weighted by molar-refractivity contribution is 0.0594. The molecule has 1 aromatic heterocycles. The van der Waals surface area contributed by atoms with E-state index in [1.807, 2.05) is 59.5 Å². The number of benzene rings is 2. The maximum atomic E-state index is 12.8. The normalized spacial score (nSPS) is 14.9. The summed E-state index contributed by atoms with van der Waals surface area (Å²) in [6, 6.07) is 15.8. The number of hydrogen-bond donors (Lipinski definition) is 1. The number of H-pyrrole nitrogens is 1. The molecule has 6 nitrogen and oxygen atoms in total. The molecular weight excluding hydrogens is 400 g/mol. The molecule has 0 bridgehead atoms. The summed E-state index contributed by atoms with van der Waals surface area (Å²) in [5.41, 5.74) is 3.71. The highest BCUT2D eigenvalue weighted by molar-refractivity contribution is 5.95. The van der Waals surface area contributed by atoms with E-state index in [2.05, 4.69) is 21.2 Å². The van der Waals surface area contributed by atoms with Crippen LogP contribution in [0, 0.1) is 0 Å². The number of fused-ring (bicyclic) bond motifs is 1. The zero-order chi connectivity index (χ0) is 20.1. The predicted molar refractivity (Wildman–Crippen MR) is 123 cm³/mol. The van der Waals surface area contributed by atoms with Crippen molar-refractivity contribution >= 4 is 41.4 Å². The van der Waals surface area contributed by atoms with Gasteiger partial charge in [-0.3, -0.25) is 14.8 Å². The Balaban J connectivity index is 0.00000256. The zero-order valence-electron chi connectivity index (χ0n) is 17.1. The molecule has 1 amide bonds. The number of amides is 1. The molecule has 1 saturated heterocycles. The van der Waals surface area contributed by atoms with E-state index in [1.165, 1.54) is 0 Å². The number of aromatic amines is 1. The largest absolute Gasteiger partial charge is 0.383 e. The van der Waals surface area contributed by atoms with E-state index >= 15 is 0 Å². The molecule has 0 spiro atoms. The Kier molecular flexibility index (Phi) is 7.63. The van der Waals surface area contributed by atoms with Crippen molar-refractivity contribution < 1.29 is 9.53 Å². The highest BCUT2D eigenvalue weighted by atomic mass is 35.5. The second-order valence-electron chi connectivity index (χ2n) is 7.24. The predicted octanol–water partition coefficient (Wildman–Crippen LogP) is 3.56. The summed E-state index contributed by atoms with van der Waals surface area (Å²) >= 11 is 0. The molecular formula is C23H27ClN4O2. The fourth-order valence-electron chi connectivity index (χ4n) is 3.60. The first-order valence-corrected chi connectivity index (χ1v) is 9.96. The molecule has 158 valence electrons. The molecule has 1 aliphatic heterocycles. The second-order valence-corrected chi connectivity index (χ2v) is 7.24. The van der Waals surface area contributed by atoms with Crippen LogP contribution in [-0.4, -0.2) is 72.3 Å². The maximum absolute atomic E-state index is 12.8. The molecule has 2 aromatic carbocycles. The molecule has 0 saturated carbocycles. The van der Waals surface area contributed by atoms with Gasteiger partial charge < -0.3 is 9.64 Å². The molecule has 4 rings (SSSR count). The van der Waals surface area contributed by atoms with E-state index in [4.69, 9.17) is 4.74 Å². The topological polar surface area (TPSA) is 61.5 Å². The van der Waals surface area contributed by atoms with Gasteiger partial charge in [0.2, 0.25) is 0 Å². The van der Waals surface area contributed by atoms with Crippen molar-refractivity contribution in [2.45, 2.75) is 0 Å². The Labute approximate surface area is 182 Å². The number of piperazine rings is 1. The molecule has 0 unspecified atom stereocenters. The number of halogens is 1. The van der Waals surface area contributed by atoms with Gasteiger partial charge in [-0.2, -0.15) is 5.10 Å². The third-order valence-electron chi connectivity index (χ3n) is 5.36. The SMILES string of the molecule is COCCN1CCN(C(=O)c2ccc(C=Cc3n[nH]c4ccccc34)cc2)CC1.Cl. The molecule has 30 heavy (non-hydrogen) atoms. The van der Waals surface area contributed by atoms with Gasteiger partial charge in [0, 0.05) is 50.8 Å². The van der Waals surface area contributed by atoms with Gasteiger partial charge in [0.25, 0.3) is 5.91 Å². The summed E-state index contributed by atoms with van der Waals surface area (Å²) in [6.07, 6.45) is 4.01. The molecule has 0 aliphatic carbocycles. The van der Waals surface area contributed by atoms with Crippen LogP contribution in [0.3, 0.4) is 0 Å². The number of nitrogens with zero attached hydrogens (tertiary/aromatic N) is 3.